The molecule has 1 fully saturated rings. The van der Waals surface area contributed by atoms with Crippen molar-refractivity contribution in [1.29, 1.82) is 0 Å². The largest absolute Gasteiger partial charge is 0.385 e. The Labute approximate surface area is 112 Å². The van der Waals surface area contributed by atoms with Crippen molar-refractivity contribution >= 4 is 5.82 Å². The molecule has 0 saturated carbocycles. The molecule has 1 saturated heterocycles. The van der Waals surface area contributed by atoms with Crippen LogP contribution in [0.15, 0.2) is 9.59 Å². The Morgan fingerprint density at radius 3 is 2.42 bits per heavy atom. The van der Waals surface area contributed by atoms with Gasteiger partial charge in [0, 0.05) is 26.7 Å². The summed E-state index contributed by atoms with van der Waals surface area (Å²) in [4.78, 5) is 27.8. The molecule has 3 N–H and O–H groups in total. The summed E-state index contributed by atoms with van der Waals surface area (Å²) in [6.07, 6.45) is 1.22. The lowest BCUT2D eigenvalue weighted by Gasteiger charge is -2.34. The van der Waals surface area contributed by atoms with Crippen molar-refractivity contribution in [3.05, 3.63) is 26.4 Å². The third-order valence-corrected chi connectivity index (χ3v) is 3.80. The SMILES string of the molecule is CC1CC(C)CN(Cc2c(N)n(C)c(=O)[nH]c2=O)C1. The molecule has 1 aliphatic heterocycles. The van der Waals surface area contributed by atoms with Crippen LogP contribution < -0.4 is 17.0 Å². The van der Waals surface area contributed by atoms with E-state index in [1.807, 2.05) is 0 Å². The van der Waals surface area contributed by atoms with Crippen LogP contribution in [0.3, 0.4) is 0 Å². The number of nitrogen functional groups attached to an aromatic ring is 1. The minimum absolute atomic E-state index is 0.264. The van der Waals surface area contributed by atoms with Gasteiger partial charge in [-0.2, -0.15) is 0 Å². The van der Waals surface area contributed by atoms with E-state index in [2.05, 4.69) is 23.7 Å². The van der Waals surface area contributed by atoms with Crippen LogP contribution in [0, 0.1) is 11.8 Å². The molecule has 0 spiro atoms. The molecule has 2 atom stereocenters. The predicted octanol–water partition coefficient (Wildman–Crippen LogP) is 0.134. The zero-order valence-electron chi connectivity index (χ0n) is 11.8. The van der Waals surface area contributed by atoms with Crippen molar-refractivity contribution in [3.8, 4) is 0 Å². The highest BCUT2D eigenvalue weighted by atomic mass is 16.2. The summed E-state index contributed by atoms with van der Waals surface area (Å²) in [7, 11) is 1.57. The van der Waals surface area contributed by atoms with Gasteiger partial charge in [-0.1, -0.05) is 13.8 Å². The second kappa shape index (κ2) is 5.21. The molecule has 6 nitrogen and oxygen atoms in total. The van der Waals surface area contributed by atoms with Crippen LogP contribution in [-0.2, 0) is 13.6 Å². The smallest absolute Gasteiger partial charge is 0.329 e. The lowest BCUT2D eigenvalue weighted by molar-refractivity contribution is 0.134. The van der Waals surface area contributed by atoms with E-state index in [4.69, 9.17) is 5.73 Å². The summed E-state index contributed by atoms with van der Waals surface area (Å²) >= 11 is 0. The van der Waals surface area contributed by atoms with Crippen LogP contribution in [0.1, 0.15) is 25.8 Å². The molecule has 2 heterocycles. The van der Waals surface area contributed by atoms with Crippen LogP contribution in [0.25, 0.3) is 0 Å². The Bertz CT molecular complexity index is 565. The minimum atomic E-state index is -0.466. The van der Waals surface area contributed by atoms with Crippen molar-refractivity contribution < 1.29 is 0 Å². The number of nitrogens with zero attached hydrogens (tertiary/aromatic N) is 2. The molecule has 2 rings (SSSR count). The summed E-state index contributed by atoms with van der Waals surface area (Å²) in [5.74, 6) is 1.51. The van der Waals surface area contributed by atoms with E-state index in [0.29, 0.717) is 23.9 Å². The number of likely N-dealkylation sites (tertiary alicyclic amines) is 1. The summed E-state index contributed by atoms with van der Waals surface area (Å²) in [6, 6.07) is 0. The molecule has 0 amide bonds. The molecule has 0 aromatic carbocycles. The number of nitrogens with two attached hydrogens (primary N) is 1. The number of nitrogens with one attached hydrogen (secondary N) is 1. The Hall–Kier alpha value is -1.56. The van der Waals surface area contributed by atoms with Crippen molar-refractivity contribution in [2.75, 3.05) is 18.8 Å². The van der Waals surface area contributed by atoms with Gasteiger partial charge in [0.1, 0.15) is 5.82 Å². The Morgan fingerprint density at radius 2 is 1.84 bits per heavy atom. The maximum absolute atomic E-state index is 11.9. The van der Waals surface area contributed by atoms with Gasteiger partial charge >= 0.3 is 5.69 Å². The fourth-order valence-corrected chi connectivity index (χ4v) is 2.98. The lowest BCUT2D eigenvalue weighted by atomic mass is 9.92. The van der Waals surface area contributed by atoms with E-state index in [0.717, 1.165) is 13.1 Å². The Kier molecular flexibility index (Phi) is 3.80. The summed E-state index contributed by atoms with van der Waals surface area (Å²) in [6.45, 7) is 6.87. The summed E-state index contributed by atoms with van der Waals surface area (Å²) in [5, 5.41) is 0. The monoisotopic (exact) mass is 266 g/mol. The molecule has 106 valence electrons. The zero-order chi connectivity index (χ0) is 14.2. The fourth-order valence-electron chi connectivity index (χ4n) is 2.98. The van der Waals surface area contributed by atoms with Crippen LogP contribution in [0.2, 0.25) is 0 Å². The minimum Gasteiger partial charge on any atom is -0.385 e. The molecule has 1 aromatic heterocycles. The number of aromatic amines is 1. The third kappa shape index (κ3) is 2.89. The number of hydrogen-bond acceptors (Lipinski definition) is 4. The molecule has 19 heavy (non-hydrogen) atoms. The first-order chi connectivity index (χ1) is 8.88. The van der Waals surface area contributed by atoms with Crippen molar-refractivity contribution in [2.45, 2.75) is 26.8 Å². The van der Waals surface area contributed by atoms with Gasteiger partial charge in [0.25, 0.3) is 5.56 Å². The van der Waals surface area contributed by atoms with E-state index in [1.54, 1.807) is 7.05 Å². The standard InChI is InChI=1S/C13H22N4O2/c1-8-4-9(2)6-17(5-8)7-10-11(14)16(3)13(19)15-12(10)18/h8-9H,4-7,14H2,1-3H3,(H,15,18,19). The summed E-state index contributed by atoms with van der Waals surface area (Å²) in [5.41, 5.74) is 5.54. The molecule has 1 aromatic rings. The number of rotatable bonds is 2. The first-order valence-corrected chi connectivity index (χ1v) is 6.68. The maximum atomic E-state index is 11.9. The van der Waals surface area contributed by atoms with Crippen LogP contribution in [0.5, 0.6) is 0 Å². The highest BCUT2D eigenvalue weighted by molar-refractivity contribution is 5.37. The topological polar surface area (TPSA) is 84.1 Å². The van der Waals surface area contributed by atoms with Crippen LogP contribution >= 0.6 is 0 Å². The number of anilines is 1. The second-order valence-corrected chi connectivity index (χ2v) is 5.82. The van der Waals surface area contributed by atoms with Crippen LogP contribution in [0.4, 0.5) is 5.82 Å². The third-order valence-electron chi connectivity index (χ3n) is 3.80. The highest BCUT2D eigenvalue weighted by Crippen LogP contribution is 2.22. The number of aromatic nitrogens is 2. The Morgan fingerprint density at radius 1 is 1.26 bits per heavy atom. The van der Waals surface area contributed by atoms with E-state index in [9.17, 15) is 9.59 Å². The van der Waals surface area contributed by atoms with E-state index in [-0.39, 0.29) is 11.4 Å². The van der Waals surface area contributed by atoms with E-state index in [1.165, 1.54) is 11.0 Å². The molecule has 6 heteroatoms. The van der Waals surface area contributed by atoms with E-state index >= 15 is 0 Å². The lowest BCUT2D eigenvalue weighted by Crippen LogP contribution is -2.41. The molecular formula is C13H22N4O2. The van der Waals surface area contributed by atoms with Gasteiger partial charge in [0.15, 0.2) is 0 Å². The second-order valence-electron chi connectivity index (χ2n) is 5.82. The molecule has 1 aliphatic rings. The van der Waals surface area contributed by atoms with Gasteiger partial charge in [-0.05, 0) is 18.3 Å². The molecule has 2 unspecified atom stereocenters. The van der Waals surface area contributed by atoms with Crippen LogP contribution in [-0.4, -0.2) is 27.5 Å². The molecule has 0 aliphatic carbocycles. The highest BCUT2D eigenvalue weighted by Gasteiger charge is 2.23. The van der Waals surface area contributed by atoms with Crippen molar-refractivity contribution in [1.82, 2.24) is 14.5 Å². The van der Waals surface area contributed by atoms with Gasteiger partial charge in [-0.3, -0.25) is 19.2 Å². The molecular weight excluding hydrogens is 244 g/mol. The number of hydrogen-bond donors (Lipinski definition) is 2. The first-order valence-electron chi connectivity index (χ1n) is 6.68. The van der Waals surface area contributed by atoms with E-state index < -0.39 is 5.69 Å². The first kappa shape index (κ1) is 13.9. The van der Waals surface area contributed by atoms with Crippen molar-refractivity contribution in [2.24, 2.45) is 18.9 Å². The van der Waals surface area contributed by atoms with Gasteiger partial charge in [0.05, 0.1) is 5.56 Å². The average molecular weight is 266 g/mol. The summed E-state index contributed by atoms with van der Waals surface area (Å²) < 4.78 is 1.29. The molecule has 0 bridgehead atoms. The molecule has 0 radical (unpaired) electrons. The zero-order valence-corrected chi connectivity index (χ0v) is 11.8. The number of piperidine rings is 1. The van der Waals surface area contributed by atoms with Gasteiger partial charge in [-0.25, -0.2) is 4.79 Å². The van der Waals surface area contributed by atoms with Gasteiger partial charge in [-0.15, -0.1) is 0 Å². The Balaban J connectivity index is 2.27. The fraction of sp³-hybridized carbons (Fsp3) is 0.692. The predicted molar refractivity (Wildman–Crippen MR) is 74.9 cm³/mol. The normalized spacial score (nSPS) is 24.6. The van der Waals surface area contributed by atoms with Gasteiger partial charge in [0.2, 0.25) is 0 Å². The average Bonchev–Trinajstić information content (AvgIpc) is 2.31. The van der Waals surface area contributed by atoms with Gasteiger partial charge < -0.3 is 5.73 Å². The number of H-pyrrole nitrogens is 1. The van der Waals surface area contributed by atoms with Crippen molar-refractivity contribution in [3.63, 3.8) is 0 Å². The quantitative estimate of drug-likeness (QED) is 0.797. The maximum Gasteiger partial charge on any atom is 0.329 e.